The molecule has 2 heterocycles. The third-order valence-corrected chi connectivity index (χ3v) is 3.28. The first-order chi connectivity index (χ1) is 8.22. The van der Waals surface area contributed by atoms with Crippen molar-refractivity contribution in [1.29, 1.82) is 0 Å². The third kappa shape index (κ3) is 2.64. The molecule has 0 saturated heterocycles. The second-order valence-corrected chi connectivity index (χ2v) is 4.60. The minimum Gasteiger partial charge on any atom is -0.302 e. The van der Waals surface area contributed by atoms with Crippen LogP contribution < -0.4 is 0 Å². The van der Waals surface area contributed by atoms with E-state index in [0.717, 1.165) is 25.2 Å². The van der Waals surface area contributed by atoms with E-state index in [9.17, 15) is 0 Å². The number of hydrogen-bond acceptors (Lipinski definition) is 2. The van der Waals surface area contributed by atoms with Gasteiger partial charge < -0.3 is 4.90 Å². The summed E-state index contributed by atoms with van der Waals surface area (Å²) in [4.78, 5) is 6.72. The van der Waals surface area contributed by atoms with E-state index in [-0.39, 0.29) is 0 Å². The van der Waals surface area contributed by atoms with Crippen molar-refractivity contribution >= 4 is 11.6 Å². The van der Waals surface area contributed by atoms with Gasteiger partial charge >= 0.3 is 0 Å². The van der Waals surface area contributed by atoms with E-state index < -0.39 is 0 Å². The van der Waals surface area contributed by atoms with Crippen LogP contribution in [0.1, 0.15) is 30.2 Å². The Hall–Kier alpha value is -1.41. The van der Waals surface area contributed by atoms with E-state index in [1.807, 2.05) is 6.20 Å². The number of rotatable bonds is 2. The molecule has 0 fully saturated rings. The third-order valence-electron chi connectivity index (χ3n) is 3.28. The molecule has 1 aromatic heterocycles. The van der Waals surface area contributed by atoms with Crippen LogP contribution in [-0.2, 0) is 0 Å². The summed E-state index contributed by atoms with van der Waals surface area (Å²) in [5.41, 5.74) is 5.19. The molecule has 2 rings (SSSR count). The Morgan fingerprint density at radius 2 is 2.24 bits per heavy atom. The monoisotopic (exact) mass is 228 g/mol. The quantitative estimate of drug-likeness (QED) is 0.773. The van der Waals surface area contributed by atoms with Crippen LogP contribution in [0, 0.1) is 6.92 Å². The summed E-state index contributed by atoms with van der Waals surface area (Å²) in [5.74, 6) is 0. The van der Waals surface area contributed by atoms with Crippen LogP contribution >= 0.6 is 0 Å². The molecule has 0 saturated carbocycles. The van der Waals surface area contributed by atoms with Gasteiger partial charge in [-0.3, -0.25) is 4.98 Å². The second kappa shape index (κ2) is 5.28. The smallest absolute Gasteiger partial charge is 0.0450 e. The molecule has 0 bridgehead atoms. The first-order valence-corrected chi connectivity index (χ1v) is 6.18. The average Bonchev–Trinajstić information content (AvgIpc) is 2.33. The lowest BCUT2D eigenvalue weighted by molar-refractivity contribution is 0.370. The minimum atomic E-state index is 1.05. The molecular weight excluding hydrogens is 208 g/mol. The van der Waals surface area contributed by atoms with Crippen LogP contribution in [0.25, 0.3) is 11.6 Å². The van der Waals surface area contributed by atoms with Gasteiger partial charge in [0.2, 0.25) is 0 Å². The Balaban J connectivity index is 2.41. The van der Waals surface area contributed by atoms with Gasteiger partial charge in [0.05, 0.1) is 0 Å². The highest BCUT2D eigenvalue weighted by molar-refractivity contribution is 5.75. The maximum absolute atomic E-state index is 4.38. The van der Waals surface area contributed by atoms with Gasteiger partial charge in [-0.25, -0.2) is 0 Å². The van der Waals surface area contributed by atoms with Gasteiger partial charge in [-0.15, -0.1) is 0 Å². The Labute approximate surface area is 104 Å². The van der Waals surface area contributed by atoms with E-state index in [1.165, 1.54) is 16.7 Å². The maximum Gasteiger partial charge on any atom is 0.0450 e. The zero-order valence-electron chi connectivity index (χ0n) is 10.9. The molecule has 0 spiro atoms. The van der Waals surface area contributed by atoms with E-state index in [1.54, 1.807) is 0 Å². The molecule has 90 valence electrons. The lowest BCUT2D eigenvalue weighted by Crippen LogP contribution is -2.23. The Morgan fingerprint density at radius 3 is 2.88 bits per heavy atom. The molecule has 1 aromatic rings. The van der Waals surface area contributed by atoms with Crippen molar-refractivity contribution in [2.45, 2.75) is 20.3 Å². The van der Waals surface area contributed by atoms with E-state index in [0.29, 0.717) is 0 Å². The highest BCUT2D eigenvalue weighted by Crippen LogP contribution is 2.26. The Kier molecular flexibility index (Phi) is 3.75. The summed E-state index contributed by atoms with van der Waals surface area (Å²) in [6.07, 6.45) is 9.63. The van der Waals surface area contributed by atoms with Gasteiger partial charge in [0.25, 0.3) is 0 Å². The van der Waals surface area contributed by atoms with Crippen LogP contribution in [-0.4, -0.2) is 30.0 Å². The SMILES string of the molecule is CC=Cc1c(C2=CCN(C)CC2)ccnc1C. The molecule has 2 nitrogen and oxygen atoms in total. The zero-order valence-corrected chi connectivity index (χ0v) is 10.9. The number of nitrogens with zero attached hydrogens (tertiary/aromatic N) is 2. The standard InChI is InChI=1S/C15H20N2/c1-4-5-14-12(2)16-9-6-15(14)13-7-10-17(3)11-8-13/h4-7,9H,8,10-11H2,1-3H3. The fourth-order valence-electron chi connectivity index (χ4n) is 2.25. The molecule has 17 heavy (non-hydrogen) atoms. The van der Waals surface area contributed by atoms with Crippen molar-refractivity contribution in [2.75, 3.05) is 20.1 Å². The fraction of sp³-hybridized carbons (Fsp3) is 0.400. The highest BCUT2D eigenvalue weighted by atomic mass is 15.1. The van der Waals surface area contributed by atoms with Gasteiger partial charge in [-0.05, 0) is 44.5 Å². The summed E-state index contributed by atoms with van der Waals surface area (Å²) in [7, 11) is 2.16. The van der Waals surface area contributed by atoms with Crippen LogP contribution in [0.5, 0.6) is 0 Å². The number of pyridine rings is 1. The van der Waals surface area contributed by atoms with Gasteiger partial charge in [0, 0.05) is 30.5 Å². The Bertz CT molecular complexity index is 458. The zero-order chi connectivity index (χ0) is 12.3. The molecule has 0 atom stereocenters. The fourth-order valence-corrected chi connectivity index (χ4v) is 2.25. The van der Waals surface area contributed by atoms with Gasteiger partial charge in [0.1, 0.15) is 0 Å². The number of likely N-dealkylation sites (N-methyl/N-ethyl adjacent to an activating group) is 1. The van der Waals surface area contributed by atoms with Crippen molar-refractivity contribution in [2.24, 2.45) is 0 Å². The van der Waals surface area contributed by atoms with Crippen LogP contribution in [0.3, 0.4) is 0 Å². The van der Waals surface area contributed by atoms with Crippen molar-refractivity contribution in [1.82, 2.24) is 9.88 Å². The molecule has 0 radical (unpaired) electrons. The molecule has 1 aliphatic heterocycles. The van der Waals surface area contributed by atoms with Crippen LogP contribution in [0.2, 0.25) is 0 Å². The average molecular weight is 228 g/mol. The molecular formula is C15H20N2. The highest BCUT2D eigenvalue weighted by Gasteiger charge is 2.13. The van der Waals surface area contributed by atoms with E-state index in [4.69, 9.17) is 0 Å². The summed E-state index contributed by atoms with van der Waals surface area (Å²) in [6.45, 7) is 6.32. The molecule has 1 aliphatic rings. The van der Waals surface area contributed by atoms with Crippen molar-refractivity contribution in [3.63, 3.8) is 0 Å². The lowest BCUT2D eigenvalue weighted by atomic mass is 9.94. The van der Waals surface area contributed by atoms with E-state index in [2.05, 4.69) is 55.1 Å². The van der Waals surface area contributed by atoms with Gasteiger partial charge in [-0.2, -0.15) is 0 Å². The molecule has 0 unspecified atom stereocenters. The van der Waals surface area contributed by atoms with Crippen molar-refractivity contribution < 1.29 is 0 Å². The number of aromatic nitrogens is 1. The van der Waals surface area contributed by atoms with Gasteiger partial charge in [-0.1, -0.05) is 18.2 Å². The maximum atomic E-state index is 4.38. The molecule has 0 N–H and O–H groups in total. The van der Waals surface area contributed by atoms with Gasteiger partial charge in [0.15, 0.2) is 0 Å². The first kappa shape index (κ1) is 12.1. The summed E-state index contributed by atoms with van der Waals surface area (Å²) < 4.78 is 0. The lowest BCUT2D eigenvalue weighted by Gasteiger charge is -2.23. The number of aryl methyl sites for hydroxylation is 1. The summed E-state index contributed by atoms with van der Waals surface area (Å²) in [5, 5.41) is 0. The number of allylic oxidation sites excluding steroid dienone is 1. The second-order valence-electron chi connectivity index (χ2n) is 4.60. The predicted molar refractivity (Wildman–Crippen MR) is 73.8 cm³/mol. The predicted octanol–water partition coefficient (Wildman–Crippen LogP) is 3.14. The minimum absolute atomic E-state index is 1.05. The Morgan fingerprint density at radius 1 is 1.41 bits per heavy atom. The molecule has 2 heteroatoms. The summed E-state index contributed by atoms with van der Waals surface area (Å²) >= 11 is 0. The van der Waals surface area contributed by atoms with Crippen molar-refractivity contribution in [3.05, 3.63) is 41.2 Å². The first-order valence-electron chi connectivity index (χ1n) is 6.18. The molecule has 0 aromatic carbocycles. The van der Waals surface area contributed by atoms with Crippen LogP contribution in [0.4, 0.5) is 0 Å². The molecule has 0 aliphatic carbocycles. The van der Waals surface area contributed by atoms with E-state index >= 15 is 0 Å². The van der Waals surface area contributed by atoms with Crippen molar-refractivity contribution in [3.8, 4) is 0 Å². The topological polar surface area (TPSA) is 16.1 Å². The normalized spacial score (nSPS) is 17.5. The number of hydrogen-bond donors (Lipinski definition) is 0. The molecule has 0 amide bonds. The summed E-state index contributed by atoms with van der Waals surface area (Å²) in [6, 6.07) is 2.14. The largest absolute Gasteiger partial charge is 0.302 e. The van der Waals surface area contributed by atoms with Crippen LogP contribution in [0.15, 0.2) is 24.4 Å².